The number of aryl methyl sites for hydroxylation is 1. The van der Waals surface area contributed by atoms with Gasteiger partial charge in [0.1, 0.15) is 6.29 Å². The van der Waals surface area contributed by atoms with Crippen molar-refractivity contribution >= 4 is 22.0 Å². The molecule has 0 saturated heterocycles. The van der Waals surface area contributed by atoms with Crippen LogP contribution >= 0.6 is 0 Å². The zero-order valence-electron chi connectivity index (χ0n) is 11.6. The summed E-state index contributed by atoms with van der Waals surface area (Å²) in [6, 6.07) is 5.94. The largest absolute Gasteiger partial charge is 0.298 e. The number of hydrogen-bond acceptors (Lipinski definition) is 4. The molecule has 0 aliphatic carbocycles. The van der Waals surface area contributed by atoms with Gasteiger partial charge in [0.2, 0.25) is 0 Å². The molecule has 0 amide bonds. The van der Waals surface area contributed by atoms with Crippen molar-refractivity contribution in [1.82, 2.24) is 4.41 Å². The molecular weight excluding hydrogens is 276 g/mol. The van der Waals surface area contributed by atoms with Gasteiger partial charge >= 0.3 is 0 Å². The fraction of sp³-hybridized carbons (Fsp3) is 0.286. The number of hydrazone groups is 1. The molecule has 0 N–H and O–H groups in total. The molecule has 1 aromatic rings. The molecular formula is C14H16N2O3S. The number of aldehydes is 1. The molecule has 0 radical (unpaired) electrons. The molecule has 0 fully saturated rings. The smallest absolute Gasteiger partial charge is 0.279 e. The van der Waals surface area contributed by atoms with E-state index in [1.807, 2.05) is 6.92 Å². The van der Waals surface area contributed by atoms with Crippen molar-refractivity contribution in [3.05, 3.63) is 41.5 Å². The van der Waals surface area contributed by atoms with Gasteiger partial charge in [-0.1, -0.05) is 17.7 Å². The Morgan fingerprint density at radius 2 is 1.80 bits per heavy atom. The summed E-state index contributed by atoms with van der Waals surface area (Å²) in [7, 11) is -3.76. The van der Waals surface area contributed by atoms with Crippen LogP contribution in [0.25, 0.3) is 0 Å². The number of benzene rings is 1. The van der Waals surface area contributed by atoms with E-state index in [4.69, 9.17) is 0 Å². The highest BCUT2D eigenvalue weighted by Crippen LogP contribution is 2.24. The van der Waals surface area contributed by atoms with Crippen LogP contribution in [-0.2, 0) is 14.8 Å². The second kappa shape index (κ2) is 5.20. The monoisotopic (exact) mass is 292 g/mol. The van der Waals surface area contributed by atoms with Crippen LogP contribution in [0.15, 0.2) is 45.9 Å². The SMILES string of the molecule is CC1=NN(S(=O)(=O)c2ccc(C)cc2)[C@H](C)C(C=O)=C1. The maximum atomic E-state index is 12.6. The maximum Gasteiger partial charge on any atom is 0.279 e. The summed E-state index contributed by atoms with van der Waals surface area (Å²) in [5.74, 6) is 0. The number of sulfonamides is 1. The molecule has 106 valence electrons. The molecule has 1 aliphatic rings. The summed E-state index contributed by atoms with van der Waals surface area (Å²) in [5.41, 5.74) is 1.86. The standard InChI is InChI=1S/C14H16N2O3S/c1-10-4-6-14(7-5-10)20(18,19)16-12(3)13(9-17)8-11(2)15-16/h4-9,12H,1-3H3/t12-/m1/s1. The van der Waals surface area contributed by atoms with Crippen LogP contribution in [0.2, 0.25) is 0 Å². The average Bonchev–Trinajstić information content (AvgIpc) is 2.41. The van der Waals surface area contributed by atoms with Gasteiger partial charge in [-0.05, 0) is 39.0 Å². The van der Waals surface area contributed by atoms with Crippen LogP contribution in [-0.4, -0.2) is 30.9 Å². The van der Waals surface area contributed by atoms with Crippen molar-refractivity contribution in [3.63, 3.8) is 0 Å². The average molecular weight is 292 g/mol. The molecule has 0 bridgehead atoms. The van der Waals surface area contributed by atoms with Crippen LogP contribution in [0.3, 0.4) is 0 Å². The first-order valence-electron chi connectivity index (χ1n) is 6.19. The lowest BCUT2D eigenvalue weighted by Gasteiger charge is -2.29. The molecule has 0 unspecified atom stereocenters. The van der Waals surface area contributed by atoms with Gasteiger partial charge in [0, 0.05) is 5.57 Å². The Balaban J connectivity index is 2.47. The lowest BCUT2D eigenvalue weighted by Crippen LogP contribution is -2.39. The van der Waals surface area contributed by atoms with E-state index in [0.717, 1.165) is 9.98 Å². The molecule has 2 rings (SSSR count). The predicted octanol–water partition coefficient (Wildman–Crippen LogP) is 1.89. The Morgan fingerprint density at radius 1 is 1.20 bits per heavy atom. The maximum absolute atomic E-state index is 12.6. The first kappa shape index (κ1) is 14.5. The third kappa shape index (κ3) is 2.51. The minimum Gasteiger partial charge on any atom is -0.298 e. The van der Waals surface area contributed by atoms with Crippen LogP contribution in [0, 0.1) is 6.92 Å². The third-order valence-corrected chi connectivity index (χ3v) is 4.91. The van der Waals surface area contributed by atoms with E-state index in [2.05, 4.69) is 5.10 Å². The summed E-state index contributed by atoms with van der Waals surface area (Å²) in [4.78, 5) is 11.2. The van der Waals surface area contributed by atoms with Gasteiger partial charge in [-0.25, -0.2) is 0 Å². The Labute approximate surface area is 118 Å². The van der Waals surface area contributed by atoms with E-state index < -0.39 is 16.1 Å². The van der Waals surface area contributed by atoms with Crippen molar-refractivity contribution in [2.75, 3.05) is 0 Å². The van der Waals surface area contributed by atoms with Crippen molar-refractivity contribution < 1.29 is 13.2 Å². The highest BCUT2D eigenvalue weighted by molar-refractivity contribution is 7.89. The second-order valence-corrected chi connectivity index (χ2v) is 6.57. The first-order valence-corrected chi connectivity index (χ1v) is 7.63. The molecule has 6 heteroatoms. The highest BCUT2D eigenvalue weighted by atomic mass is 32.2. The van der Waals surface area contributed by atoms with Gasteiger partial charge in [0.05, 0.1) is 16.6 Å². The van der Waals surface area contributed by atoms with Gasteiger partial charge in [-0.2, -0.15) is 17.9 Å². The molecule has 0 saturated carbocycles. The predicted molar refractivity (Wildman–Crippen MR) is 76.9 cm³/mol. The van der Waals surface area contributed by atoms with E-state index >= 15 is 0 Å². The number of hydrogen-bond donors (Lipinski definition) is 0. The third-order valence-electron chi connectivity index (χ3n) is 3.15. The quantitative estimate of drug-likeness (QED) is 0.799. The van der Waals surface area contributed by atoms with Crippen molar-refractivity contribution in [2.45, 2.75) is 31.7 Å². The molecule has 0 spiro atoms. The van der Waals surface area contributed by atoms with E-state index in [1.165, 1.54) is 0 Å². The van der Waals surface area contributed by atoms with E-state index in [-0.39, 0.29) is 4.90 Å². The van der Waals surface area contributed by atoms with Gasteiger partial charge < -0.3 is 0 Å². The van der Waals surface area contributed by atoms with Crippen LogP contribution in [0.5, 0.6) is 0 Å². The van der Waals surface area contributed by atoms with Gasteiger partial charge in [-0.15, -0.1) is 0 Å². The Kier molecular flexibility index (Phi) is 3.76. The zero-order chi connectivity index (χ0) is 14.9. The summed E-state index contributed by atoms with van der Waals surface area (Å²) >= 11 is 0. The Bertz CT molecular complexity index is 688. The molecule has 20 heavy (non-hydrogen) atoms. The number of rotatable bonds is 3. The highest BCUT2D eigenvalue weighted by Gasteiger charge is 2.32. The lowest BCUT2D eigenvalue weighted by molar-refractivity contribution is -0.105. The first-order chi connectivity index (χ1) is 9.36. The minimum atomic E-state index is -3.76. The molecule has 1 atom stereocenters. The summed E-state index contributed by atoms with van der Waals surface area (Å²) < 4.78 is 26.2. The summed E-state index contributed by atoms with van der Waals surface area (Å²) in [5, 5.41) is 4.06. The van der Waals surface area contributed by atoms with E-state index in [0.29, 0.717) is 17.6 Å². The summed E-state index contributed by atoms with van der Waals surface area (Å²) in [6.07, 6.45) is 2.26. The van der Waals surface area contributed by atoms with Gasteiger partial charge in [0.25, 0.3) is 10.0 Å². The second-order valence-electron chi connectivity index (χ2n) is 4.77. The lowest BCUT2D eigenvalue weighted by atomic mass is 10.1. The molecule has 1 heterocycles. The van der Waals surface area contributed by atoms with Gasteiger partial charge in [-0.3, -0.25) is 4.79 Å². The van der Waals surface area contributed by atoms with Crippen LogP contribution in [0.4, 0.5) is 0 Å². The number of nitrogens with zero attached hydrogens (tertiary/aromatic N) is 2. The zero-order valence-corrected chi connectivity index (χ0v) is 12.4. The Morgan fingerprint density at radius 3 is 2.35 bits per heavy atom. The number of carbonyl (C=O) groups excluding carboxylic acids is 1. The normalized spacial score (nSPS) is 19.4. The van der Waals surface area contributed by atoms with Crippen molar-refractivity contribution in [3.8, 4) is 0 Å². The van der Waals surface area contributed by atoms with Crippen molar-refractivity contribution in [1.29, 1.82) is 0 Å². The van der Waals surface area contributed by atoms with Gasteiger partial charge in [0.15, 0.2) is 0 Å². The number of carbonyl (C=O) groups is 1. The molecule has 1 aromatic carbocycles. The molecule has 5 nitrogen and oxygen atoms in total. The van der Waals surface area contributed by atoms with Crippen LogP contribution < -0.4 is 0 Å². The fourth-order valence-corrected chi connectivity index (χ4v) is 3.44. The summed E-state index contributed by atoms with van der Waals surface area (Å²) in [6.45, 7) is 5.18. The van der Waals surface area contributed by atoms with Crippen molar-refractivity contribution in [2.24, 2.45) is 5.10 Å². The fourth-order valence-electron chi connectivity index (χ4n) is 1.97. The topological polar surface area (TPSA) is 66.8 Å². The number of allylic oxidation sites excluding steroid dienone is 1. The molecule has 1 aliphatic heterocycles. The van der Waals surface area contributed by atoms with E-state index in [1.54, 1.807) is 44.2 Å². The molecule has 0 aromatic heterocycles. The van der Waals surface area contributed by atoms with E-state index in [9.17, 15) is 13.2 Å². The van der Waals surface area contributed by atoms with Crippen LogP contribution in [0.1, 0.15) is 19.4 Å². The minimum absolute atomic E-state index is 0.165. The Hall–Kier alpha value is -1.95.